The van der Waals surface area contributed by atoms with Crippen LogP contribution in [0.2, 0.25) is 0 Å². The van der Waals surface area contributed by atoms with Gasteiger partial charge in [-0.15, -0.1) is 20.4 Å². The van der Waals surface area contributed by atoms with Crippen molar-refractivity contribution in [2.75, 3.05) is 10.6 Å². The van der Waals surface area contributed by atoms with Gasteiger partial charge in [0, 0.05) is 6.42 Å². The van der Waals surface area contributed by atoms with Gasteiger partial charge in [-0.1, -0.05) is 52.5 Å². The van der Waals surface area contributed by atoms with E-state index < -0.39 is 5.92 Å². The first-order valence-electron chi connectivity index (χ1n) is 7.79. The van der Waals surface area contributed by atoms with Crippen molar-refractivity contribution in [3.63, 3.8) is 0 Å². The van der Waals surface area contributed by atoms with E-state index in [0.717, 1.165) is 11.1 Å². The minimum atomic E-state index is -0.548. The van der Waals surface area contributed by atoms with Gasteiger partial charge >= 0.3 is 0 Å². The fourth-order valence-corrected chi connectivity index (χ4v) is 3.35. The molecule has 0 bridgehead atoms. The summed E-state index contributed by atoms with van der Waals surface area (Å²) >= 11 is 2.45. The Balaban J connectivity index is 1.71. The summed E-state index contributed by atoms with van der Waals surface area (Å²) in [4.78, 5) is 25.0. The number of rotatable bonds is 7. The van der Waals surface area contributed by atoms with Crippen LogP contribution in [0.4, 0.5) is 10.3 Å². The van der Waals surface area contributed by atoms with Crippen LogP contribution < -0.4 is 10.6 Å². The standard InChI is InChI=1S/C16H16N6O2S2/c1-10-3-2-4-11(5-10)6-12(14(24)20-16-22-18-9-26-16)7-13(23)19-15-21-17-8-25-15/h2-5,8-9,12H,6-7H2,1H3,(H,19,21,23)(H,20,22,24)/t12-/m1/s1. The molecule has 2 N–H and O–H groups in total. The maximum Gasteiger partial charge on any atom is 0.230 e. The summed E-state index contributed by atoms with van der Waals surface area (Å²) < 4.78 is 0. The van der Waals surface area contributed by atoms with Crippen LogP contribution in [0.3, 0.4) is 0 Å². The molecule has 2 aromatic heterocycles. The Morgan fingerprint density at radius 3 is 2.38 bits per heavy atom. The summed E-state index contributed by atoms with van der Waals surface area (Å²) in [6.07, 6.45) is 0.466. The van der Waals surface area contributed by atoms with E-state index in [1.54, 1.807) is 0 Å². The number of benzene rings is 1. The van der Waals surface area contributed by atoms with Crippen LogP contribution in [0.15, 0.2) is 35.3 Å². The van der Waals surface area contributed by atoms with E-state index in [1.165, 1.54) is 33.7 Å². The van der Waals surface area contributed by atoms with Crippen LogP contribution in [0.25, 0.3) is 0 Å². The summed E-state index contributed by atoms with van der Waals surface area (Å²) in [6, 6.07) is 7.88. The second kappa shape index (κ2) is 8.59. The van der Waals surface area contributed by atoms with Gasteiger partial charge in [0.2, 0.25) is 22.1 Å². The van der Waals surface area contributed by atoms with Crippen molar-refractivity contribution in [3.8, 4) is 0 Å². The predicted octanol–water partition coefficient (Wildman–Crippen LogP) is 2.52. The van der Waals surface area contributed by atoms with Gasteiger partial charge in [0.1, 0.15) is 11.0 Å². The Bertz CT molecular complexity index is 867. The molecular weight excluding hydrogens is 372 g/mol. The molecule has 26 heavy (non-hydrogen) atoms. The first kappa shape index (κ1) is 18.1. The highest BCUT2D eigenvalue weighted by Crippen LogP contribution is 2.19. The molecule has 8 nitrogen and oxygen atoms in total. The highest BCUT2D eigenvalue weighted by molar-refractivity contribution is 7.13. The molecule has 0 saturated heterocycles. The Morgan fingerprint density at radius 2 is 1.77 bits per heavy atom. The third kappa shape index (κ3) is 5.14. The Hall–Kier alpha value is -2.72. The highest BCUT2D eigenvalue weighted by Gasteiger charge is 2.24. The SMILES string of the molecule is Cc1cccc(C[C@H](CC(=O)Nc2nncs2)C(=O)Nc2nncs2)c1. The lowest BCUT2D eigenvalue weighted by molar-refractivity contribution is -0.124. The zero-order chi connectivity index (χ0) is 18.4. The van der Waals surface area contributed by atoms with E-state index in [9.17, 15) is 9.59 Å². The molecular formula is C16H16N6O2S2. The van der Waals surface area contributed by atoms with Crippen molar-refractivity contribution >= 4 is 44.8 Å². The van der Waals surface area contributed by atoms with Gasteiger partial charge in [0.25, 0.3) is 0 Å². The number of nitrogens with one attached hydrogen (secondary N) is 2. The molecule has 0 unspecified atom stereocenters. The number of hydrogen-bond acceptors (Lipinski definition) is 8. The number of carbonyl (C=O) groups is 2. The summed E-state index contributed by atoms with van der Waals surface area (Å²) in [5.74, 6) is -1.10. The normalized spacial score (nSPS) is 11.7. The molecule has 0 aliphatic rings. The van der Waals surface area contributed by atoms with E-state index in [0.29, 0.717) is 16.7 Å². The summed E-state index contributed by atoms with van der Waals surface area (Å²) in [5.41, 5.74) is 5.16. The van der Waals surface area contributed by atoms with Crippen LogP contribution in [0.5, 0.6) is 0 Å². The first-order chi connectivity index (χ1) is 12.6. The van der Waals surface area contributed by atoms with Gasteiger partial charge in [0.05, 0.1) is 5.92 Å². The van der Waals surface area contributed by atoms with Gasteiger partial charge in [-0.3, -0.25) is 9.59 Å². The number of anilines is 2. The second-order valence-electron chi connectivity index (χ2n) is 5.62. The summed E-state index contributed by atoms with van der Waals surface area (Å²) in [6.45, 7) is 1.99. The van der Waals surface area contributed by atoms with Gasteiger partial charge in [0.15, 0.2) is 0 Å². The molecule has 2 amide bonds. The zero-order valence-corrected chi connectivity index (χ0v) is 15.5. The van der Waals surface area contributed by atoms with E-state index >= 15 is 0 Å². The average molecular weight is 388 g/mol. The summed E-state index contributed by atoms with van der Waals surface area (Å²) in [5, 5.41) is 21.2. The van der Waals surface area contributed by atoms with E-state index in [4.69, 9.17) is 0 Å². The fourth-order valence-electron chi connectivity index (χ4n) is 2.44. The van der Waals surface area contributed by atoms with Gasteiger partial charge in [-0.05, 0) is 18.9 Å². The number of carbonyl (C=O) groups excluding carboxylic acids is 2. The molecule has 0 saturated carbocycles. The third-order valence-corrected chi connectivity index (χ3v) is 4.78. The minimum absolute atomic E-state index is 0.0260. The van der Waals surface area contributed by atoms with Crippen LogP contribution >= 0.6 is 22.7 Å². The number of nitrogens with zero attached hydrogens (tertiary/aromatic N) is 4. The maximum atomic E-state index is 12.7. The average Bonchev–Trinajstić information content (AvgIpc) is 3.28. The molecule has 3 aromatic rings. The Morgan fingerprint density at radius 1 is 1.08 bits per heavy atom. The molecule has 0 radical (unpaired) electrons. The predicted molar refractivity (Wildman–Crippen MR) is 100 cm³/mol. The largest absolute Gasteiger partial charge is 0.301 e. The quantitative estimate of drug-likeness (QED) is 0.644. The van der Waals surface area contributed by atoms with Crippen molar-refractivity contribution in [1.29, 1.82) is 0 Å². The van der Waals surface area contributed by atoms with E-state index in [1.807, 2.05) is 31.2 Å². The van der Waals surface area contributed by atoms with Crippen molar-refractivity contribution in [1.82, 2.24) is 20.4 Å². The van der Waals surface area contributed by atoms with Gasteiger partial charge < -0.3 is 10.6 Å². The number of amides is 2. The zero-order valence-electron chi connectivity index (χ0n) is 13.9. The van der Waals surface area contributed by atoms with Crippen molar-refractivity contribution < 1.29 is 9.59 Å². The molecule has 0 fully saturated rings. The number of aromatic nitrogens is 4. The van der Waals surface area contributed by atoms with Crippen molar-refractivity contribution in [2.45, 2.75) is 19.8 Å². The molecule has 1 aromatic carbocycles. The van der Waals surface area contributed by atoms with Crippen molar-refractivity contribution in [3.05, 3.63) is 46.4 Å². The fraction of sp³-hybridized carbons (Fsp3) is 0.250. The Labute approximate surface area is 157 Å². The minimum Gasteiger partial charge on any atom is -0.301 e. The molecule has 1 atom stereocenters. The van der Waals surface area contributed by atoms with Crippen LogP contribution in [0, 0.1) is 12.8 Å². The van der Waals surface area contributed by atoms with Crippen LogP contribution in [-0.2, 0) is 16.0 Å². The lowest BCUT2D eigenvalue weighted by Gasteiger charge is -2.15. The molecule has 3 rings (SSSR count). The molecule has 2 heterocycles. The smallest absolute Gasteiger partial charge is 0.230 e. The topological polar surface area (TPSA) is 110 Å². The van der Waals surface area contributed by atoms with E-state index in [2.05, 4.69) is 31.0 Å². The first-order valence-corrected chi connectivity index (χ1v) is 9.54. The summed E-state index contributed by atoms with van der Waals surface area (Å²) in [7, 11) is 0. The molecule has 10 heteroatoms. The second-order valence-corrected chi connectivity index (χ2v) is 7.29. The monoisotopic (exact) mass is 388 g/mol. The number of aryl methyl sites for hydroxylation is 1. The molecule has 0 aliphatic heterocycles. The number of hydrogen-bond donors (Lipinski definition) is 2. The third-order valence-electron chi connectivity index (χ3n) is 3.56. The maximum absolute atomic E-state index is 12.7. The van der Waals surface area contributed by atoms with E-state index in [-0.39, 0.29) is 18.2 Å². The van der Waals surface area contributed by atoms with Crippen LogP contribution in [0.1, 0.15) is 17.5 Å². The lowest BCUT2D eigenvalue weighted by atomic mass is 9.94. The highest BCUT2D eigenvalue weighted by atomic mass is 32.1. The van der Waals surface area contributed by atoms with Crippen molar-refractivity contribution in [2.24, 2.45) is 5.92 Å². The van der Waals surface area contributed by atoms with Gasteiger partial charge in [-0.25, -0.2) is 0 Å². The molecule has 0 aliphatic carbocycles. The molecule has 134 valence electrons. The molecule has 0 spiro atoms. The Kier molecular flexibility index (Phi) is 5.97. The van der Waals surface area contributed by atoms with Gasteiger partial charge in [-0.2, -0.15) is 0 Å². The lowest BCUT2D eigenvalue weighted by Crippen LogP contribution is -2.29. The van der Waals surface area contributed by atoms with Crippen LogP contribution in [-0.4, -0.2) is 32.2 Å².